The molecule has 1 N–H and O–H groups in total. The lowest BCUT2D eigenvalue weighted by molar-refractivity contribution is -0.120. The third kappa shape index (κ3) is 4.59. The second-order valence-electron chi connectivity index (χ2n) is 7.42. The van der Waals surface area contributed by atoms with Gasteiger partial charge < -0.3 is 5.32 Å². The van der Waals surface area contributed by atoms with E-state index in [0.29, 0.717) is 31.0 Å². The van der Waals surface area contributed by atoms with Crippen molar-refractivity contribution in [3.8, 4) is 0 Å². The Balaban J connectivity index is 1.68. The van der Waals surface area contributed by atoms with Crippen LogP contribution in [0.15, 0.2) is 53.4 Å². The highest BCUT2D eigenvalue weighted by Crippen LogP contribution is 2.25. The molecule has 1 aliphatic heterocycles. The maximum Gasteiger partial charge on any atom is 0.243 e. The third-order valence-electron chi connectivity index (χ3n) is 5.05. The lowest BCUT2D eigenvalue weighted by atomic mass is 9.98. The van der Waals surface area contributed by atoms with Gasteiger partial charge in [0.25, 0.3) is 0 Å². The standard InChI is InChI=1S/C21H25FN2O3S/c1-15(2)16-5-9-19(10-6-16)23-21(25)17-4-3-13-24(14-17)28(26,27)20-11-7-18(22)8-12-20/h5-12,15,17H,3-4,13-14H2,1-2H3,(H,23,25)/t17-/m0/s1. The van der Waals surface area contributed by atoms with E-state index in [1.54, 1.807) is 0 Å². The van der Waals surface area contributed by atoms with E-state index in [-0.39, 0.29) is 17.3 Å². The van der Waals surface area contributed by atoms with Crippen LogP contribution in [0.3, 0.4) is 0 Å². The lowest BCUT2D eigenvalue weighted by Crippen LogP contribution is -2.43. The van der Waals surface area contributed by atoms with Crippen molar-refractivity contribution in [3.05, 3.63) is 59.9 Å². The number of rotatable bonds is 5. The largest absolute Gasteiger partial charge is 0.326 e. The molecular formula is C21H25FN2O3S. The summed E-state index contributed by atoms with van der Waals surface area (Å²) in [7, 11) is -3.75. The number of piperidine rings is 1. The van der Waals surface area contributed by atoms with Crippen molar-refractivity contribution in [1.82, 2.24) is 4.31 Å². The smallest absolute Gasteiger partial charge is 0.243 e. The van der Waals surface area contributed by atoms with E-state index in [1.807, 2.05) is 24.3 Å². The van der Waals surface area contributed by atoms with E-state index in [1.165, 1.54) is 22.0 Å². The van der Waals surface area contributed by atoms with E-state index in [0.717, 1.165) is 12.1 Å². The zero-order chi connectivity index (χ0) is 20.3. The molecule has 5 nitrogen and oxygen atoms in total. The molecule has 0 radical (unpaired) electrons. The molecule has 28 heavy (non-hydrogen) atoms. The van der Waals surface area contributed by atoms with E-state index < -0.39 is 21.8 Å². The molecule has 0 aromatic heterocycles. The van der Waals surface area contributed by atoms with Crippen LogP contribution in [0, 0.1) is 11.7 Å². The van der Waals surface area contributed by atoms with Gasteiger partial charge in [-0.1, -0.05) is 26.0 Å². The number of nitrogens with zero attached hydrogens (tertiary/aromatic N) is 1. The van der Waals surface area contributed by atoms with Crippen molar-refractivity contribution < 1.29 is 17.6 Å². The molecule has 0 aliphatic carbocycles. The van der Waals surface area contributed by atoms with Crippen LogP contribution in [0.1, 0.15) is 38.2 Å². The first kappa shape index (κ1) is 20.5. The SMILES string of the molecule is CC(C)c1ccc(NC(=O)[C@H]2CCCN(S(=O)(=O)c3ccc(F)cc3)C2)cc1. The van der Waals surface area contributed by atoms with Gasteiger partial charge in [-0.25, -0.2) is 12.8 Å². The molecule has 3 rings (SSSR count). The Bertz CT molecular complexity index is 925. The fourth-order valence-electron chi connectivity index (χ4n) is 3.33. The second-order valence-corrected chi connectivity index (χ2v) is 9.36. The number of nitrogens with one attached hydrogen (secondary N) is 1. The predicted octanol–water partition coefficient (Wildman–Crippen LogP) is 3.99. The molecule has 0 unspecified atom stereocenters. The van der Waals surface area contributed by atoms with Crippen LogP contribution < -0.4 is 5.32 Å². The van der Waals surface area contributed by atoms with Crippen LogP contribution in [0.4, 0.5) is 10.1 Å². The van der Waals surface area contributed by atoms with Crippen LogP contribution >= 0.6 is 0 Å². The molecule has 0 saturated carbocycles. The highest BCUT2D eigenvalue weighted by atomic mass is 32.2. The average molecular weight is 405 g/mol. The normalized spacial score (nSPS) is 18.2. The van der Waals surface area contributed by atoms with Crippen molar-refractivity contribution in [2.75, 3.05) is 18.4 Å². The second kappa shape index (κ2) is 8.41. The van der Waals surface area contributed by atoms with Crippen molar-refractivity contribution in [1.29, 1.82) is 0 Å². The van der Waals surface area contributed by atoms with Crippen molar-refractivity contribution in [2.45, 2.75) is 37.5 Å². The van der Waals surface area contributed by atoms with Gasteiger partial charge in [0.2, 0.25) is 15.9 Å². The predicted molar refractivity (Wildman–Crippen MR) is 107 cm³/mol. The summed E-state index contributed by atoms with van der Waals surface area (Å²) in [6.45, 7) is 4.68. The molecular weight excluding hydrogens is 379 g/mol. The summed E-state index contributed by atoms with van der Waals surface area (Å²) < 4.78 is 40.0. The Morgan fingerprint density at radius 1 is 1.11 bits per heavy atom. The quantitative estimate of drug-likeness (QED) is 0.819. The molecule has 150 valence electrons. The summed E-state index contributed by atoms with van der Waals surface area (Å²) in [6.07, 6.45) is 1.23. The van der Waals surface area contributed by atoms with Gasteiger partial charge in [0.15, 0.2) is 0 Å². The van der Waals surface area contributed by atoms with Crippen molar-refractivity contribution >= 4 is 21.6 Å². The van der Waals surface area contributed by atoms with E-state index >= 15 is 0 Å². The van der Waals surface area contributed by atoms with E-state index in [4.69, 9.17) is 0 Å². The first-order chi connectivity index (χ1) is 13.3. The molecule has 0 spiro atoms. The van der Waals surface area contributed by atoms with Crippen LogP contribution in [0.5, 0.6) is 0 Å². The minimum atomic E-state index is -3.75. The highest BCUT2D eigenvalue weighted by molar-refractivity contribution is 7.89. The summed E-state index contributed by atoms with van der Waals surface area (Å²) in [5, 5.41) is 2.89. The van der Waals surface area contributed by atoms with Crippen LogP contribution in [0.25, 0.3) is 0 Å². The number of benzene rings is 2. The van der Waals surface area contributed by atoms with Gasteiger partial charge in [-0.05, 0) is 60.7 Å². The molecule has 1 amide bonds. The number of anilines is 1. The molecule has 1 fully saturated rings. The van der Waals surface area contributed by atoms with Gasteiger partial charge in [-0.2, -0.15) is 4.31 Å². The van der Waals surface area contributed by atoms with Crippen LogP contribution in [-0.4, -0.2) is 31.7 Å². The molecule has 0 bridgehead atoms. The Hall–Kier alpha value is -2.25. The first-order valence-corrected chi connectivity index (χ1v) is 10.9. The Morgan fingerprint density at radius 3 is 2.36 bits per heavy atom. The molecule has 1 aliphatic rings. The molecule has 1 saturated heterocycles. The Morgan fingerprint density at radius 2 is 1.75 bits per heavy atom. The minimum Gasteiger partial charge on any atom is -0.326 e. The number of carbonyl (C=O) groups excluding carboxylic acids is 1. The average Bonchev–Trinajstić information content (AvgIpc) is 2.69. The molecule has 2 aromatic rings. The van der Waals surface area contributed by atoms with Crippen molar-refractivity contribution in [3.63, 3.8) is 0 Å². The minimum absolute atomic E-state index is 0.0410. The fourth-order valence-corrected chi connectivity index (χ4v) is 4.85. The molecule has 7 heteroatoms. The molecule has 2 aromatic carbocycles. The van der Waals surface area contributed by atoms with Crippen LogP contribution in [-0.2, 0) is 14.8 Å². The Kier molecular flexibility index (Phi) is 6.15. The summed E-state index contributed by atoms with van der Waals surface area (Å²) in [6, 6.07) is 12.4. The zero-order valence-electron chi connectivity index (χ0n) is 16.1. The maximum atomic E-state index is 13.1. The molecule has 1 heterocycles. The summed E-state index contributed by atoms with van der Waals surface area (Å²) in [5.74, 6) is -0.684. The zero-order valence-corrected chi connectivity index (χ0v) is 16.9. The highest BCUT2D eigenvalue weighted by Gasteiger charge is 2.33. The van der Waals surface area contributed by atoms with E-state index in [2.05, 4.69) is 19.2 Å². The number of halogens is 1. The Labute approximate surface area is 165 Å². The maximum absolute atomic E-state index is 13.1. The first-order valence-electron chi connectivity index (χ1n) is 9.44. The van der Waals surface area contributed by atoms with Gasteiger partial charge in [0.1, 0.15) is 5.82 Å². The lowest BCUT2D eigenvalue weighted by Gasteiger charge is -2.31. The number of carbonyl (C=O) groups is 1. The van der Waals surface area contributed by atoms with Crippen molar-refractivity contribution in [2.24, 2.45) is 5.92 Å². The number of hydrogen-bond donors (Lipinski definition) is 1. The summed E-state index contributed by atoms with van der Waals surface area (Å²) in [5.41, 5.74) is 1.89. The number of hydrogen-bond acceptors (Lipinski definition) is 3. The summed E-state index contributed by atoms with van der Waals surface area (Å²) >= 11 is 0. The monoisotopic (exact) mass is 404 g/mol. The topological polar surface area (TPSA) is 66.5 Å². The van der Waals surface area contributed by atoms with Crippen LogP contribution in [0.2, 0.25) is 0 Å². The van der Waals surface area contributed by atoms with Gasteiger partial charge in [-0.15, -0.1) is 0 Å². The number of amides is 1. The van der Waals surface area contributed by atoms with Gasteiger partial charge >= 0.3 is 0 Å². The van der Waals surface area contributed by atoms with Gasteiger partial charge in [0, 0.05) is 18.8 Å². The molecule has 1 atom stereocenters. The fraction of sp³-hybridized carbons (Fsp3) is 0.381. The van der Waals surface area contributed by atoms with Gasteiger partial charge in [0.05, 0.1) is 10.8 Å². The summed E-state index contributed by atoms with van der Waals surface area (Å²) in [4.78, 5) is 12.7. The van der Waals surface area contributed by atoms with E-state index in [9.17, 15) is 17.6 Å². The van der Waals surface area contributed by atoms with Gasteiger partial charge in [-0.3, -0.25) is 4.79 Å². The third-order valence-corrected chi connectivity index (χ3v) is 6.93. The number of sulfonamides is 1.